The van der Waals surface area contributed by atoms with Crippen molar-refractivity contribution in [3.63, 3.8) is 0 Å². The molecule has 0 unspecified atom stereocenters. The van der Waals surface area contributed by atoms with E-state index in [4.69, 9.17) is 10.5 Å². The first-order chi connectivity index (χ1) is 8.25. The largest absolute Gasteiger partial charge is 0.456 e. The Morgan fingerprint density at radius 3 is 2.76 bits per heavy atom. The molecule has 0 bridgehead atoms. The SMILES string of the molecule is Nc1cnnc(C(=O)OCc2ccccc2)c1. The van der Waals surface area contributed by atoms with E-state index in [1.54, 1.807) is 0 Å². The monoisotopic (exact) mass is 229 g/mol. The lowest BCUT2D eigenvalue weighted by atomic mass is 10.2. The molecule has 2 aromatic rings. The van der Waals surface area contributed by atoms with E-state index in [0.29, 0.717) is 5.69 Å². The number of rotatable bonds is 3. The predicted octanol–water partition coefficient (Wildman–Crippen LogP) is 1.42. The summed E-state index contributed by atoms with van der Waals surface area (Å²) in [4.78, 5) is 11.6. The summed E-state index contributed by atoms with van der Waals surface area (Å²) in [7, 11) is 0. The number of benzene rings is 1. The van der Waals surface area contributed by atoms with Crippen LogP contribution in [0.3, 0.4) is 0 Å². The highest BCUT2D eigenvalue weighted by Gasteiger charge is 2.09. The van der Waals surface area contributed by atoms with Crippen molar-refractivity contribution in [1.82, 2.24) is 10.2 Å². The molecule has 1 heterocycles. The summed E-state index contributed by atoms with van der Waals surface area (Å²) >= 11 is 0. The summed E-state index contributed by atoms with van der Waals surface area (Å²) in [6.45, 7) is 0.205. The third-order valence-corrected chi connectivity index (χ3v) is 2.10. The van der Waals surface area contributed by atoms with Gasteiger partial charge in [0.05, 0.1) is 11.9 Å². The Balaban J connectivity index is 1.98. The number of nitrogen functional groups attached to an aromatic ring is 1. The fourth-order valence-electron chi connectivity index (χ4n) is 1.28. The van der Waals surface area contributed by atoms with Crippen LogP contribution in [0.25, 0.3) is 0 Å². The molecule has 0 saturated carbocycles. The molecule has 1 aromatic heterocycles. The number of esters is 1. The molecule has 2 N–H and O–H groups in total. The number of ether oxygens (including phenoxy) is 1. The maximum Gasteiger partial charge on any atom is 0.359 e. The molecule has 86 valence electrons. The van der Waals surface area contributed by atoms with Crippen LogP contribution in [0.4, 0.5) is 5.69 Å². The Bertz CT molecular complexity index is 514. The van der Waals surface area contributed by atoms with Crippen molar-refractivity contribution in [2.45, 2.75) is 6.61 Å². The van der Waals surface area contributed by atoms with Crippen LogP contribution in [-0.2, 0) is 11.3 Å². The Labute approximate surface area is 98.2 Å². The summed E-state index contributed by atoms with van der Waals surface area (Å²) in [5, 5.41) is 7.23. The van der Waals surface area contributed by atoms with E-state index in [9.17, 15) is 4.79 Å². The third kappa shape index (κ3) is 3.01. The van der Waals surface area contributed by atoms with Crippen molar-refractivity contribution in [2.75, 3.05) is 5.73 Å². The van der Waals surface area contributed by atoms with Gasteiger partial charge in [0.25, 0.3) is 0 Å². The lowest BCUT2D eigenvalue weighted by molar-refractivity contribution is 0.0464. The zero-order chi connectivity index (χ0) is 12.1. The molecule has 17 heavy (non-hydrogen) atoms. The Morgan fingerprint density at radius 1 is 1.29 bits per heavy atom. The van der Waals surface area contributed by atoms with Crippen molar-refractivity contribution < 1.29 is 9.53 Å². The van der Waals surface area contributed by atoms with Crippen LogP contribution < -0.4 is 5.73 Å². The van der Waals surface area contributed by atoms with E-state index >= 15 is 0 Å². The number of aromatic nitrogens is 2. The molecule has 0 amide bonds. The maximum atomic E-state index is 11.6. The van der Waals surface area contributed by atoms with E-state index in [-0.39, 0.29) is 12.3 Å². The van der Waals surface area contributed by atoms with Gasteiger partial charge in [-0.05, 0) is 11.6 Å². The third-order valence-electron chi connectivity index (χ3n) is 2.10. The number of carbonyl (C=O) groups excluding carboxylic acids is 1. The molecule has 0 aliphatic heterocycles. The second-order valence-corrected chi connectivity index (χ2v) is 3.44. The van der Waals surface area contributed by atoms with Crippen molar-refractivity contribution in [3.8, 4) is 0 Å². The van der Waals surface area contributed by atoms with Gasteiger partial charge in [0.2, 0.25) is 0 Å². The average molecular weight is 229 g/mol. The quantitative estimate of drug-likeness (QED) is 0.805. The van der Waals surface area contributed by atoms with Gasteiger partial charge in [0.1, 0.15) is 6.61 Å². The molecule has 0 saturated heterocycles. The minimum atomic E-state index is -0.534. The first-order valence-corrected chi connectivity index (χ1v) is 5.05. The molecule has 5 heteroatoms. The highest BCUT2D eigenvalue weighted by atomic mass is 16.5. The van der Waals surface area contributed by atoms with Gasteiger partial charge in [-0.1, -0.05) is 30.3 Å². The minimum absolute atomic E-state index is 0.112. The van der Waals surface area contributed by atoms with Crippen LogP contribution >= 0.6 is 0 Å². The molecule has 0 aliphatic rings. The zero-order valence-electron chi connectivity index (χ0n) is 9.04. The molecule has 0 spiro atoms. The Kier molecular flexibility index (Phi) is 3.30. The van der Waals surface area contributed by atoms with Gasteiger partial charge in [0, 0.05) is 0 Å². The normalized spacial score (nSPS) is 9.88. The second-order valence-electron chi connectivity index (χ2n) is 3.44. The summed E-state index contributed by atoms with van der Waals surface area (Å²) in [5.74, 6) is -0.534. The topological polar surface area (TPSA) is 78.1 Å². The number of carbonyl (C=O) groups is 1. The molecule has 5 nitrogen and oxygen atoms in total. The second kappa shape index (κ2) is 5.07. The van der Waals surface area contributed by atoms with Crippen molar-refractivity contribution in [1.29, 1.82) is 0 Å². The van der Waals surface area contributed by atoms with Gasteiger partial charge in [-0.2, -0.15) is 5.10 Å². The van der Waals surface area contributed by atoms with Crippen molar-refractivity contribution in [2.24, 2.45) is 0 Å². The molecular weight excluding hydrogens is 218 g/mol. The molecule has 0 fully saturated rings. The summed E-state index contributed by atoms with van der Waals surface area (Å²) < 4.78 is 5.07. The van der Waals surface area contributed by atoms with E-state index in [1.165, 1.54) is 12.3 Å². The maximum absolute atomic E-state index is 11.6. The highest BCUT2D eigenvalue weighted by Crippen LogP contribution is 2.05. The predicted molar refractivity (Wildman–Crippen MR) is 62.0 cm³/mol. The van der Waals surface area contributed by atoms with Crippen LogP contribution in [0, 0.1) is 0 Å². The van der Waals surface area contributed by atoms with Crippen molar-refractivity contribution >= 4 is 11.7 Å². The number of anilines is 1. The number of nitrogens with two attached hydrogens (primary N) is 1. The lowest BCUT2D eigenvalue weighted by Gasteiger charge is -2.03. The molecule has 0 atom stereocenters. The first kappa shape index (κ1) is 11.1. The smallest absolute Gasteiger partial charge is 0.359 e. The average Bonchev–Trinajstić information content (AvgIpc) is 2.37. The van der Waals surface area contributed by atoms with E-state index < -0.39 is 5.97 Å². The van der Waals surface area contributed by atoms with Crippen LogP contribution in [0.1, 0.15) is 16.1 Å². The fraction of sp³-hybridized carbons (Fsp3) is 0.0833. The standard InChI is InChI=1S/C12H11N3O2/c13-10-6-11(15-14-7-10)12(16)17-8-9-4-2-1-3-5-9/h1-7H,8H2,(H2,13,15). The van der Waals surface area contributed by atoms with Gasteiger partial charge in [-0.3, -0.25) is 0 Å². The fourth-order valence-corrected chi connectivity index (χ4v) is 1.28. The van der Waals surface area contributed by atoms with E-state index in [1.807, 2.05) is 30.3 Å². The molecule has 1 aromatic carbocycles. The van der Waals surface area contributed by atoms with Gasteiger partial charge < -0.3 is 10.5 Å². The number of hydrogen-bond acceptors (Lipinski definition) is 5. The number of hydrogen-bond donors (Lipinski definition) is 1. The lowest BCUT2D eigenvalue weighted by Crippen LogP contribution is -2.09. The van der Waals surface area contributed by atoms with Crippen molar-refractivity contribution in [3.05, 3.63) is 53.9 Å². The molecule has 0 aliphatic carbocycles. The minimum Gasteiger partial charge on any atom is -0.456 e. The molecule has 0 radical (unpaired) electrons. The van der Waals surface area contributed by atoms with Gasteiger partial charge in [-0.15, -0.1) is 5.10 Å². The zero-order valence-corrected chi connectivity index (χ0v) is 9.04. The molecular formula is C12H11N3O2. The number of nitrogens with zero attached hydrogens (tertiary/aromatic N) is 2. The first-order valence-electron chi connectivity index (χ1n) is 5.05. The van der Waals surface area contributed by atoms with Gasteiger partial charge >= 0.3 is 5.97 Å². The summed E-state index contributed by atoms with van der Waals surface area (Å²) in [5.41, 5.74) is 6.90. The van der Waals surface area contributed by atoms with E-state index in [0.717, 1.165) is 5.56 Å². The van der Waals surface area contributed by atoms with Crippen LogP contribution in [0.15, 0.2) is 42.6 Å². The highest BCUT2D eigenvalue weighted by molar-refractivity contribution is 5.87. The van der Waals surface area contributed by atoms with Gasteiger partial charge in [0.15, 0.2) is 5.69 Å². The molecule has 2 rings (SSSR count). The van der Waals surface area contributed by atoms with Crippen LogP contribution in [0.5, 0.6) is 0 Å². The van der Waals surface area contributed by atoms with E-state index in [2.05, 4.69) is 10.2 Å². The Morgan fingerprint density at radius 2 is 2.06 bits per heavy atom. The van der Waals surface area contributed by atoms with Gasteiger partial charge in [-0.25, -0.2) is 4.79 Å². The Hall–Kier alpha value is -2.43. The summed E-state index contributed by atoms with van der Waals surface area (Å²) in [6, 6.07) is 10.8. The van der Waals surface area contributed by atoms with Crippen LogP contribution in [0.2, 0.25) is 0 Å². The summed E-state index contributed by atoms with van der Waals surface area (Å²) in [6.07, 6.45) is 1.37. The van der Waals surface area contributed by atoms with Crippen LogP contribution in [-0.4, -0.2) is 16.2 Å².